The lowest BCUT2D eigenvalue weighted by Crippen LogP contribution is -2.06. The topological polar surface area (TPSA) is 44.1 Å². The van der Waals surface area contributed by atoms with Crippen molar-refractivity contribution in [3.63, 3.8) is 0 Å². The number of nitrogens with zero attached hydrogens (tertiary/aromatic N) is 2. The number of aryl methyl sites for hydroxylation is 1. The van der Waals surface area contributed by atoms with Gasteiger partial charge in [-0.3, -0.25) is 4.68 Å². The molecular weight excluding hydrogens is 320 g/mol. The van der Waals surface area contributed by atoms with Gasteiger partial charge in [0.2, 0.25) is 0 Å². The number of benzene rings is 1. The number of carbonyl (C=O) groups is 1. The minimum absolute atomic E-state index is 0.334. The zero-order valence-electron chi connectivity index (χ0n) is 12.0. The predicted molar refractivity (Wildman–Crippen MR) is 81.0 cm³/mol. The molecule has 2 rings (SSSR count). The van der Waals surface area contributed by atoms with Gasteiger partial charge in [0.05, 0.1) is 24.9 Å². The molecule has 1 aromatic heterocycles. The summed E-state index contributed by atoms with van der Waals surface area (Å²) in [4.78, 5) is 11.5. The van der Waals surface area contributed by atoms with Crippen molar-refractivity contribution in [3.05, 3.63) is 50.8 Å². The van der Waals surface area contributed by atoms with Crippen molar-refractivity contribution < 1.29 is 9.53 Å². The monoisotopic (exact) mass is 336 g/mol. The quantitative estimate of drug-likeness (QED) is 0.807. The van der Waals surface area contributed by atoms with Gasteiger partial charge < -0.3 is 4.74 Å². The van der Waals surface area contributed by atoms with Gasteiger partial charge in [-0.1, -0.05) is 22.0 Å². The fourth-order valence-corrected chi connectivity index (χ4v) is 2.53. The van der Waals surface area contributed by atoms with E-state index >= 15 is 0 Å². The van der Waals surface area contributed by atoms with Gasteiger partial charge in [-0.05, 0) is 44.0 Å². The highest BCUT2D eigenvalue weighted by Gasteiger charge is 2.11. The minimum Gasteiger partial charge on any atom is -0.465 e. The van der Waals surface area contributed by atoms with E-state index in [1.807, 2.05) is 17.7 Å². The molecule has 2 aromatic rings. The lowest BCUT2D eigenvalue weighted by molar-refractivity contribution is 0.0600. The number of methoxy groups -OCH3 is 1. The Morgan fingerprint density at radius 1 is 1.35 bits per heavy atom. The van der Waals surface area contributed by atoms with Gasteiger partial charge in [0, 0.05) is 10.2 Å². The predicted octanol–water partition coefficient (Wildman–Crippen LogP) is 3.41. The Morgan fingerprint density at radius 3 is 2.55 bits per heavy atom. The molecule has 0 unspecified atom stereocenters. The molecule has 0 saturated heterocycles. The second kappa shape index (κ2) is 5.79. The van der Waals surface area contributed by atoms with E-state index in [0.717, 1.165) is 21.4 Å². The molecule has 1 aromatic carbocycles. The number of carbonyl (C=O) groups excluding carboxylic acids is 1. The number of halogens is 1. The number of hydrogen-bond donors (Lipinski definition) is 0. The second-order valence-corrected chi connectivity index (χ2v) is 5.61. The smallest absolute Gasteiger partial charge is 0.337 e. The first-order valence-electron chi connectivity index (χ1n) is 6.31. The SMILES string of the molecule is COC(=O)c1ccc(Cn2nc(C)c(C)c2C)c(Br)c1. The van der Waals surface area contributed by atoms with Crippen molar-refractivity contribution in [2.75, 3.05) is 7.11 Å². The van der Waals surface area contributed by atoms with Crippen LogP contribution < -0.4 is 0 Å². The third-order valence-electron chi connectivity index (χ3n) is 3.54. The third-order valence-corrected chi connectivity index (χ3v) is 4.28. The van der Waals surface area contributed by atoms with Gasteiger partial charge in [-0.15, -0.1) is 0 Å². The van der Waals surface area contributed by atoms with Crippen LogP contribution in [0.25, 0.3) is 0 Å². The van der Waals surface area contributed by atoms with Crippen LogP contribution in [0.4, 0.5) is 0 Å². The summed E-state index contributed by atoms with van der Waals surface area (Å²) in [5.41, 5.74) is 5.03. The van der Waals surface area contributed by atoms with Gasteiger partial charge in [-0.25, -0.2) is 4.79 Å². The molecule has 0 saturated carbocycles. The van der Waals surface area contributed by atoms with Crippen LogP contribution in [0.2, 0.25) is 0 Å². The first-order chi connectivity index (χ1) is 9.43. The maximum Gasteiger partial charge on any atom is 0.337 e. The summed E-state index contributed by atoms with van der Waals surface area (Å²) < 4.78 is 7.57. The molecule has 0 fully saturated rings. The molecule has 20 heavy (non-hydrogen) atoms. The van der Waals surface area contributed by atoms with Crippen LogP contribution >= 0.6 is 15.9 Å². The summed E-state index contributed by atoms with van der Waals surface area (Å²) in [5.74, 6) is -0.334. The Morgan fingerprint density at radius 2 is 2.05 bits per heavy atom. The third kappa shape index (κ3) is 2.77. The summed E-state index contributed by atoms with van der Waals surface area (Å²) in [5, 5.41) is 4.52. The van der Waals surface area contributed by atoms with E-state index in [2.05, 4.69) is 34.9 Å². The standard InChI is InChI=1S/C15H17BrN2O2/c1-9-10(2)17-18(11(9)3)8-13-6-5-12(7-14(13)16)15(19)20-4/h5-7H,8H2,1-4H3. The highest BCUT2D eigenvalue weighted by molar-refractivity contribution is 9.10. The van der Waals surface area contributed by atoms with E-state index in [0.29, 0.717) is 12.1 Å². The molecule has 106 valence electrons. The Kier molecular flexibility index (Phi) is 4.28. The van der Waals surface area contributed by atoms with Crippen molar-refractivity contribution in [2.45, 2.75) is 27.3 Å². The number of rotatable bonds is 3. The molecule has 0 spiro atoms. The van der Waals surface area contributed by atoms with E-state index in [9.17, 15) is 4.79 Å². The minimum atomic E-state index is -0.334. The molecule has 0 aliphatic carbocycles. The summed E-state index contributed by atoms with van der Waals surface area (Å²) in [6, 6.07) is 5.46. The van der Waals surface area contributed by atoms with Gasteiger partial charge in [0.25, 0.3) is 0 Å². The summed E-state index contributed by atoms with van der Waals surface area (Å²) in [7, 11) is 1.38. The summed E-state index contributed by atoms with van der Waals surface area (Å²) in [6.45, 7) is 6.81. The molecule has 4 nitrogen and oxygen atoms in total. The number of aromatic nitrogens is 2. The highest BCUT2D eigenvalue weighted by atomic mass is 79.9. The zero-order valence-corrected chi connectivity index (χ0v) is 13.6. The molecule has 0 amide bonds. The van der Waals surface area contributed by atoms with E-state index < -0.39 is 0 Å². The average molecular weight is 337 g/mol. The Hall–Kier alpha value is -1.62. The Bertz CT molecular complexity index is 662. The van der Waals surface area contributed by atoms with E-state index in [-0.39, 0.29) is 5.97 Å². The molecule has 0 aliphatic rings. The average Bonchev–Trinajstić information content (AvgIpc) is 2.67. The van der Waals surface area contributed by atoms with Gasteiger partial charge in [-0.2, -0.15) is 5.10 Å². The number of ether oxygens (including phenoxy) is 1. The van der Waals surface area contributed by atoms with Gasteiger partial charge in [0.15, 0.2) is 0 Å². The van der Waals surface area contributed by atoms with E-state index in [1.54, 1.807) is 12.1 Å². The van der Waals surface area contributed by atoms with Crippen molar-refractivity contribution in [1.29, 1.82) is 0 Å². The van der Waals surface area contributed by atoms with Crippen LogP contribution in [-0.2, 0) is 11.3 Å². The van der Waals surface area contributed by atoms with Crippen LogP contribution in [0.5, 0.6) is 0 Å². The lowest BCUT2D eigenvalue weighted by Gasteiger charge is -2.08. The maximum absolute atomic E-state index is 11.5. The van der Waals surface area contributed by atoms with Crippen molar-refractivity contribution in [2.24, 2.45) is 0 Å². The van der Waals surface area contributed by atoms with Crippen LogP contribution in [0, 0.1) is 20.8 Å². The first kappa shape index (κ1) is 14.8. The first-order valence-corrected chi connectivity index (χ1v) is 7.10. The molecule has 1 heterocycles. The van der Waals surface area contributed by atoms with Gasteiger partial charge >= 0.3 is 5.97 Å². The van der Waals surface area contributed by atoms with E-state index in [4.69, 9.17) is 4.74 Å². The van der Waals surface area contributed by atoms with Crippen LogP contribution in [-0.4, -0.2) is 22.9 Å². The summed E-state index contributed by atoms with van der Waals surface area (Å²) >= 11 is 3.50. The molecule has 0 aliphatic heterocycles. The molecular formula is C15H17BrN2O2. The van der Waals surface area contributed by atoms with Crippen LogP contribution in [0.3, 0.4) is 0 Å². The fraction of sp³-hybridized carbons (Fsp3) is 0.333. The van der Waals surface area contributed by atoms with Crippen molar-refractivity contribution in [1.82, 2.24) is 9.78 Å². The van der Waals surface area contributed by atoms with Crippen molar-refractivity contribution in [3.8, 4) is 0 Å². The molecule has 0 bridgehead atoms. The second-order valence-electron chi connectivity index (χ2n) is 4.75. The van der Waals surface area contributed by atoms with E-state index in [1.165, 1.54) is 12.7 Å². The molecule has 0 N–H and O–H groups in total. The zero-order chi connectivity index (χ0) is 14.9. The number of hydrogen-bond acceptors (Lipinski definition) is 3. The lowest BCUT2D eigenvalue weighted by atomic mass is 10.1. The number of esters is 1. The largest absolute Gasteiger partial charge is 0.465 e. The normalized spacial score (nSPS) is 10.7. The van der Waals surface area contributed by atoms with Crippen molar-refractivity contribution >= 4 is 21.9 Å². The molecule has 5 heteroatoms. The fourth-order valence-electron chi connectivity index (χ4n) is 2.02. The maximum atomic E-state index is 11.5. The Labute approximate surface area is 126 Å². The molecule has 0 atom stereocenters. The highest BCUT2D eigenvalue weighted by Crippen LogP contribution is 2.21. The Balaban J connectivity index is 2.30. The van der Waals surface area contributed by atoms with Crippen LogP contribution in [0.15, 0.2) is 22.7 Å². The molecule has 0 radical (unpaired) electrons. The van der Waals surface area contributed by atoms with Crippen LogP contribution in [0.1, 0.15) is 32.9 Å². The van der Waals surface area contributed by atoms with Gasteiger partial charge in [0.1, 0.15) is 0 Å². The summed E-state index contributed by atoms with van der Waals surface area (Å²) in [6.07, 6.45) is 0.